The molecule has 3 amide bonds. The molecule has 1 atom stereocenters. The van der Waals surface area contributed by atoms with Gasteiger partial charge < -0.3 is 5.32 Å². The fourth-order valence-corrected chi connectivity index (χ4v) is 1.26. The Kier molecular flexibility index (Phi) is 3.51. The van der Waals surface area contributed by atoms with E-state index in [0.29, 0.717) is 0 Å². The lowest BCUT2D eigenvalue weighted by Crippen LogP contribution is -2.52. The predicted molar refractivity (Wildman–Crippen MR) is 45.0 cm³/mol. The first-order valence-corrected chi connectivity index (χ1v) is 4.48. The van der Waals surface area contributed by atoms with Gasteiger partial charge in [0.15, 0.2) is 0 Å². The number of carbonyl (C=O) groups excluding carboxylic acids is 3. The first-order chi connectivity index (χ1) is 7.28. The van der Waals surface area contributed by atoms with Crippen molar-refractivity contribution in [2.45, 2.75) is 31.5 Å². The summed E-state index contributed by atoms with van der Waals surface area (Å²) in [6.45, 7) is 0. The third-order valence-corrected chi connectivity index (χ3v) is 1.94. The van der Waals surface area contributed by atoms with Gasteiger partial charge in [0.2, 0.25) is 17.7 Å². The molecule has 1 fully saturated rings. The summed E-state index contributed by atoms with van der Waals surface area (Å²) in [5, 5.41) is 3.85. The zero-order valence-electron chi connectivity index (χ0n) is 8.06. The van der Waals surface area contributed by atoms with Crippen LogP contribution in [0.4, 0.5) is 13.2 Å². The lowest BCUT2D eigenvalue weighted by molar-refractivity contribution is -0.156. The summed E-state index contributed by atoms with van der Waals surface area (Å²) in [5.74, 6) is -2.54. The van der Waals surface area contributed by atoms with Gasteiger partial charge in [-0.05, 0) is 6.42 Å². The molecule has 0 bridgehead atoms. The van der Waals surface area contributed by atoms with Gasteiger partial charge in [-0.15, -0.1) is 0 Å². The van der Waals surface area contributed by atoms with E-state index in [0.717, 1.165) is 0 Å². The van der Waals surface area contributed by atoms with Crippen molar-refractivity contribution >= 4 is 17.7 Å². The van der Waals surface area contributed by atoms with Crippen LogP contribution in [0.15, 0.2) is 0 Å². The van der Waals surface area contributed by atoms with Crippen LogP contribution in [0.1, 0.15) is 19.3 Å². The highest BCUT2D eigenvalue weighted by Crippen LogP contribution is 2.19. The number of hydrogen-bond donors (Lipinski definition) is 2. The molecule has 0 aromatic carbocycles. The summed E-state index contributed by atoms with van der Waals surface area (Å²) >= 11 is 0. The van der Waals surface area contributed by atoms with Gasteiger partial charge in [-0.25, -0.2) is 0 Å². The molecule has 0 aromatic heterocycles. The maximum atomic E-state index is 11.8. The molecule has 1 saturated heterocycles. The first kappa shape index (κ1) is 12.5. The van der Waals surface area contributed by atoms with Crippen molar-refractivity contribution in [3.8, 4) is 0 Å². The molecule has 0 aromatic rings. The first-order valence-electron chi connectivity index (χ1n) is 4.48. The summed E-state index contributed by atoms with van der Waals surface area (Å²) in [6, 6.07) is -1.06. The second-order valence-corrected chi connectivity index (χ2v) is 3.36. The van der Waals surface area contributed by atoms with Crippen LogP contribution in [0.25, 0.3) is 0 Å². The monoisotopic (exact) mass is 238 g/mol. The molecule has 0 aliphatic carbocycles. The number of hydrogen-bond acceptors (Lipinski definition) is 3. The van der Waals surface area contributed by atoms with Gasteiger partial charge in [-0.1, -0.05) is 0 Å². The van der Waals surface area contributed by atoms with Crippen molar-refractivity contribution < 1.29 is 27.6 Å². The molecule has 0 spiro atoms. The van der Waals surface area contributed by atoms with Crippen LogP contribution in [0.2, 0.25) is 0 Å². The minimum absolute atomic E-state index is 0.00268. The van der Waals surface area contributed by atoms with Crippen molar-refractivity contribution in [2.75, 3.05) is 0 Å². The van der Waals surface area contributed by atoms with Gasteiger partial charge >= 0.3 is 6.18 Å². The fraction of sp³-hybridized carbons (Fsp3) is 0.625. The van der Waals surface area contributed by atoms with Crippen LogP contribution >= 0.6 is 0 Å². The average Bonchev–Trinajstić information content (AvgIpc) is 2.06. The van der Waals surface area contributed by atoms with Crippen LogP contribution < -0.4 is 10.6 Å². The van der Waals surface area contributed by atoms with Crippen LogP contribution in [0.5, 0.6) is 0 Å². The summed E-state index contributed by atoms with van der Waals surface area (Å²) in [7, 11) is 0. The topological polar surface area (TPSA) is 75.3 Å². The fourth-order valence-electron chi connectivity index (χ4n) is 1.26. The van der Waals surface area contributed by atoms with Crippen LogP contribution in [-0.4, -0.2) is 29.9 Å². The number of carbonyl (C=O) groups is 3. The lowest BCUT2D eigenvalue weighted by atomic mass is 10.1. The van der Waals surface area contributed by atoms with Gasteiger partial charge in [0, 0.05) is 6.42 Å². The largest absolute Gasteiger partial charge is 0.397 e. The van der Waals surface area contributed by atoms with Crippen molar-refractivity contribution in [3.05, 3.63) is 0 Å². The molecule has 1 aliphatic rings. The summed E-state index contributed by atoms with van der Waals surface area (Å²) in [4.78, 5) is 32.6. The maximum absolute atomic E-state index is 11.8. The van der Waals surface area contributed by atoms with Gasteiger partial charge in [-0.3, -0.25) is 19.7 Å². The highest BCUT2D eigenvalue weighted by molar-refractivity contribution is 6.01. The smallest absolute Gasteiger partial charge is 0.344 e. The number of rotatable bonds is 2. The van der Waals surface area contributed by atoms with E-state index in [-0.39, 0.29) is 12.8 Å². The van der Waals surface area contributed by atoms with E-state index in [4.69, 9.17) is 0 Å². The molecule has 16 heavy (non-hydrogen) atoms. The molecule has 5 nitrogen and oxygen atoms in total. The van der Waals surface area contributed by atoms with E-state index >= 15 is 0 Å². The maximum Gasteiger partial charge on any atom is 0.397 e. The molecule has 1 unspecified atom stereocenters. The zero-order valence-corrected chi connectivity index (χ0v) is 8.06. The van der Waals surface area contributed by atoms with E-state index in [2.05, 4.69) is 0 Å². The molecular weight excluding hydrogens is 229 g/mol. The normalized spacial score (nSPS) is 21.6. The Labute approximate surface area is 88.4 Å². The molecular formula is C8H9F3N2O3. The minimum Gasteiger partial charge on any atom is -0.344 e. The van der Waals surface area contributed by atoms with Gasteiger partial charge in [0.05, 0.1) is 0 Å². The Morgan fingerprint density at radius 2 is 2.06 bits per heavy atom. The van der Waals surface area contributed by atoms with Gasteiger partial charge in [-0.2, -0.15) is 13.2 Å². The Hall–Kier alpha value is -1.60. The highest BCUT2D eigenvalue weighted by Gasteiger charge is 2.34. The number of imide groups is 1. The number of amides is 3. The highest BCUT2D eigenvalue weighted by atomic mass is 19.4. The van der Waals surface area contributed by atoms with E-state index < -0.39 is 36.4 Å². The summed E-state index contributed by atoms with van der Waals surface area (Å²) in [5.41, 5.74) is 0. The predicted octanol–water partition coefficient (Wildman–Crippen LogP) is -0.140. The van der Waals surface area contributed by atoms with E-state index in [9.17, 15) is 27.6 Å². The number of piperidine rings is 1. The molecule has 1 heterocycles. The van der Waals surface area contributed by atoms with Crippen molar-refractivity contribution in [1.82, 2.24) is 10.6 Å². The second-order valence-electron chi connectivity index (χ2n) is 3.36. The van der Waals surface area contributed by atoms with Crippen molar-refractivity contribution in [3.63, 3.8) is 0 Å². The SMILES string of the molecule is O=C1CCC(NC(=O)CC(F)(F)F)C(=O)N1. The Morgan fingerprint density at radius 3 is 2.56 bits per heavy atom. The molecule has 1 aliphatic heterocycles. The summed E-state index contributed by atoms with van der Waals surface area (Å²) in [6.07, 6.45) is -6.22. The number of alkyl halides is 3. The van der Waals surface area contributed by atoms with Gasteiger partial charge in [0.1, 0.15) is 12.5 Å². The van der Waals surface area contributed by atoms with Crippen LogP contribution in [-0.2, 0) is 14.4 Å². The Bertz CT molecular complexity index is 327. The number of nitrogens with one attached hydrogen (secondary N) is 2. The lowest BCUT2D eigenvalue weighted by Gasteiger charge is -2.21. The quantitative estimate of drug-likeness (QED) is 0.657. The average molecular weight is 238 g/mol. The number of halogens is 3. The van der Waals surface area contributed by atoms with E-state index in [1.54, 1.807) is 0 Å². The molecule has 90 valence electrons. The third-order valence-electron chi connectivity index (χ3n) is 1.94. The van der Waals surface area contributed by atoms with E-state index in [1.807, 2.05) is 10.6 Å². The Balaban J connectivity index is 2.45. The second kappa shape index (κ2) is 4.50. The molecule has 1 rings (SSSR count). The van der Waals surface area contributed by atoms with Crippen molar-refractivity contribution in [1.29, 1.82) is 0 Å². The standard InChI is InChI=1S/C8H9F3N2O3/c9-8(10,11)3-6(15)12-4-1-2-5(14)13-7(4)16/h4H,1-3H2,(H,12,15)(H,13,14,16). The Morgan fingerprint density at radius 1 is 1.44 bits per heavy atom. The molecule has 0 saturated carbocycles. The third kappa shape index (κ3) is 3.87. The molecule has 2 N–H and O–H groups in total. The minimum atomic E-state index is -4.61. The molecule has 0 radical (unpaired) electrons. The van der Waals surface area contributed by atoms with Crippen LogP contribution in [0, 0.1) is 0 Å². The molecule has 8 heteroatoms. The van der Waals surface area contributed by atoms with E-state index in [1.165, 1.54) is 0 Å². The van der Waals surface area contributed by atoms with Crippen molar-refractivity contribution in [2.24, 2.45) is 0 Å². The van der Waals surface area contributed by atoms with Gasteiger partial charge in [0.25, 0.3) is 0 Å². The summed E-state index contributed by atoms with van der Waals surface area (Å²) < 4.78 is 35.4. The zero-order chi connectivity index (χ0) is 12.3. The van der Waals surface area contributed by atoms with Crippen LogP contribution in [0.3, 0.4) is 0 Å².